The summed E-state index contributed by atoms with van der Waals surface area (Å²) >= 11 is 0. The van der Waals surface area contributed by atoms with Crippen LogP contribution in [0.25, 0.3) is 0 Å². The van der Waals surface area contributed by atoms with E-state index in [2.05, 4.69) is 18.0 Å². The van der Waals surface area contributed by atoms with Crippen molar-refractivity contribution < 1.29 is 9.53 Å². The van der Waals surface area contributed by atoms with Gasteiger partial charge < -0.3 is 15.0 Å². The van der Waals surface area contributed by atoms with Crippen LogP contribution in [-0.4, -0.2) is 32.7 Å². The molecule has 0 saturated carbocycles. The first kappa shape index (κ1) is 13.6. The number of hydrogen-bond acceptors (Lipinski definition) is 3. The molecular weight excluding hydrogens is 240 g/mol. The van der Waals surface area contributed by atoms with Crippen LogP contribution >= 0.6 is 0 Å². The van der Waals surface area contributed by atoms with E-state index in [1.165, 1.54) is 5.56 Å². The van der Waals surface area contributed by atoms with Crippen LogP contribution in [0.4, 0.5) is 5.69 Å². The zero-order valence-corrected chi connectivity index (χ0v) is 11.3. The molecule has 4 nitrogen and oxygen atoms in total. The second-order valence-electron chi connectivity index (χ2n) is 4.54. The monoisotopic (exact) mass is 260 g/mol. The van der Waals surface area contributed by atoms with Gasteiger partial charge in [-0.05, 0) is 24.5 Å². The molecule has 0 aliphatic carbocycles. The molecule has 2 rings (SSSR count). The maximum absolute atomic E-state index is 12.3. The fraction of sp³-hybridized carbons (Fsp3) is 0.400. The Morgan fingerprint density at radius 3 is 3.16 bits per heavy atom. The second-order valence-corrected chi connectivity index (χ2v) is 4.54. The number of nitrogens with zero attached hydrogens (tertiary/aromatic N) is 1. The molecule has 0 spiro atoms. The Morgan fingerprint density at radius 2 is 2.42 bits per heavy atom. The highest BCUT2D eigenvalue weighted by Crippen LogP contribution is 2.35. The Morgan fingerprint density at radius 1 is 1.58 bits per heavy atom. The number of hydrogen-bond donors (Lipinski definition) is 1. The van der Waals surface area contributed by atoms with Gasteiger partial charge in [0.1, 0.15) is 5.75 Å². The van der Waals surface area contributed by atoms with E-state index < -0.39 is 0 Å². The average Bonchev–Trinajstić information content (AvgIpc) is 2.46. The van der Waals surface area contributed by atoms with Gasteiger partial charge in [0.2, 0.25) is 5.91 Å². The van der Waals surface area contributed by atoms with Crippen LogP contribution in [-0.2, 0) is 11.2 Å². The Labute approximate surface area is 114 Å². The lowest BCUT2D eigenvalue weighted by atomic mass is 10.0. The van der Waals surface area contributed by atoms with Crippen molar-refractivity contribution in [2.75, 3.05) is 31.6 Å². The first-order chi connectivity index (χ1) is 9.27. The first-order valence-electron chi connectivity index (χ1n) is 6.55. The molecule has 1 aromatic rings. The molecule has 1 aliphatic rings. The van der Waals surface area contributed by atoms with E-state index in [1.54, 1.807) is 13.2 Å². The first-order valence-corrected chi connectivity index (χ1v) is 6.55. The summed E-state index contributed by atoms with van der Waals surface area (Å²) in [6.45, 7) is 5.34. The highest BCUT2D eigenvalue weighted by atomic mass is 16.5. The van der Waals surface area contributed by atoms with Crippen molar-refractivity contribution in [1.29, 1.82) is 0 Å². The number of aryl methyl sites for hydroxylation is 1. The molecule has 4 heteroatoms. The van der Waals surface area contributed by atoms with Crippen LogP contribution in [0.2, 0.25) is 0 Å². The number of nitrogens with one attached hydrogen (secondary N) is 1. The van der Waals surface area contributed by atoms with Gasteiger partial charge in [-0.2, -0.15) is 0 Å². The van der Waals surface area contributed by atoms with Crippen LogP contribution in [0, 0.1) is 0 Å². The molecule has 1 N–H and O–H groups in total. The number of rotatable bonds is 5. The summed E-state index contributed by atoms with van der Waals surface area (Å²) in [5.74, 6) is 0.849. The van der Waals surface area contributed by atoms with E-state index in [4.69, 9.17) is 4.74 Å². The number of benzene rings is 1. The molecule has 102 valence electrons. The third kappa shape index (κ3) is 2.96. The van der Waals surface area contributed by atoms with Crippen LogP contribution < -0.4 is 15.0 Å². The molecule has 1 heterocycles. The molecule has 0 radical (unpaired) electrons. The number of fused-ring (bicyclic) bond motifs is 1. The summed E-state index contributed by atoms with van der Waals surface area (Å²) in [6.07, 6.45) is 3.74. The Hall–Kier alpha value is -1.81. The predicted molar refractivity (Wildman–Crippen MR) is 76.7 cm³/mol. The summed E-state index contributed by atoms with van der Waals surface area (Å²) < 4.78 is 5.39. The van der Waals surface area contributed by atoms with Crippen LogP contribution in [0.15, 0.2) is 30.9 Å². The van der Waals surface area contributed by atoms with Crippen molar-refractivity contribution in [2.45, 2.75) is 12.8 Å². The summed E-state index contributed by atoms with van der Waals surface area (Å²) in [4.78, 5) is 14.1. The predicted octanol–water partition coefficient (Wildman–Crippen LogP) is 1.75. The topological polar surface area (TPSA) is 41.6 Å². The number of amides is 1. The Balaban J connectivity index is 2.21. The highest BCUT2D eigenvalue weighted by molar-refractivity contribution is 5.97. The van der Waals surface area contributed by atoms with Gasteiger partial charge in [-0.3, -0.25) is 4.79 Å². The average molecular weight is 260 g/mol. The fourth-order valence-corrected chi connectivity index (χ4v) is 2.41. The lowest BCUT2D eigenvalue weighted by Crippen LogP contribution is -2.41. The summed E-state index contributed by atoms with van der Waals surface area (Å²) in [7, 11) is 1.64. The van der Waals surface area contributed by atoms with Crippen molar-refractivity contribution >= 4 is 11.6 Å². The van der Waals surface area contributed by atoms with Gasteiger partial charge in [0, 0.05) is 13.1 Å². The number of ether oxygens (including phenoxy) is 1. The minimum atomic E-state index is 0.0762. The van der Waals surface area contributed by atoms with Gasteiger partial charge in [-0.15, -0.1) is 6.58 Å². The molecule has 0 saturated heterocycles. The van der Waals surface area contributed by atoms with Gasteiger partial charge in [0.15, 0.2) is 0 Å². The summed E-state index contributed by atoms with van der Waals surface area (Å²) in [5.41, 5.74) is 2.12. The number of para-hydroxylation sites is 1. The molecule has 1 amide bonds. The molecule has 19 heavy (non-hydrogen) atoms. The highest BCUT2D eigenvalue weighted by Gasteiger charge is 2.25. The fourth-order valence-electron chi connectivity index (χ4n) is 2.41. The van der Waals surface area contributed by atoms with Gasteiger partial charge in [-0.1, -0.05) is 18.2 Å². The Bertz CT molecular complexity index is 457. The smallest absolute Gasteiger partial charge is 0.241 e. The van der Waals surface area contributed by atoms with Gasteiger partial charge in [-0.25, -0.2) is 0 Å². The molecule has 0 unspecified atom stereocenters. The summed E-state index contributed by atoms with van der Waals surface area (Å²) in [6, 6.07) is 5.94. The third-order valence-electron chi connectivity index (χ3n) is 3.27. The SMILES string of the molecule is C=CCNCC(=O)N1CCCc2cccc(OC)c21. The molecule has 0 atom stereocenters. The maximum Gasteiger partial charge on any atom is 0.241 e. The standard InChI is InChI=1S/C15H20N2O2/c1-3-9-16-11-14(18)17-10-5-7-12-6-4-8-13(19-2)15(12)17/h3-4,6,8,16H,1,5,7,9-11H2,2H3. The number of anilines is 1. The van der Waals surface area contributed by atoms with Crippen LogP contribution in [0.3, 0.4) is 0 Å². The van der Waals surface area contributed by atoms with Crippen molar-refractivity contribution in [3.63, 3.8) is 0 Å². The van der Waals surface area contributed by atoms with E-state index in [0.29, 0.717) is 13.1 Å². The van der Waals surface area contributed by atoms with E-state index >= 15 is 0 Å². The van der Waals surface area contributed by atoms with E-state index in [9.17, 15) is 4.79 Å². The lowest BCUT2D eigenvalue weighted by Gasteiger charge is -2.31. The van der Waals surface area contributed by atoms with Crippen LogP contribution in [0.1, 0.15) is 12.0 Å². The number of carbonyl (C=O) groups is 1. The minimum absolute atomic E-state index is 0.0762. The summed E-state index contributed by atoms with van der Waals surface area (Å²) in [5, 5.41) is 3.05. The normalized spacial score (nSPS) is 13.8. The Kier molecular flexibility index (Phi) is 4.58. The van der Waals surface area contributed by atoms with Gasteiger partial charge >= 0.3 is 0 Å². The molecule has 0 aromatic heterocycles. The van der Waals surface area contributed by atoms with Gasteiger partial charge in [0.05, 0.1) is 19.3 Å². The van der Waals surface area contributed by atoms with Crippen molar-refractivity contribution in [3.8, 4) is 5.75 Å². The zero-order chi connectivity index (χ0) is 13.7. The molecule has 0 fully saturated rings. The molecular formula is C15H20N2O2. The molecule has 1 aliphatic heterocycles. The largest absolute Gasteiger partial charge is 0.495 e. The van der Waals surface area contributed by atoms with Crippen molar-refractivity contribution in [1.82, 2.24) is 5.32 Å². The number of carbonyl (C=O) groups excluding carboxylic acids is 1. The minimum Gasteiger partial charge on any atom is -0.495 e. The van der Waals surface area contributed by atoms with Gasteiger partial charge in [0.25, 0.3) is 0 Å². The number of methoxy groups -OCH3 is 1. The van der Waals surface area contributed by atoms with Crippen molar-refractivity contribution in [2.24, 2.45) is 0 Å². The third-order valence-corrected chi connectivity index (χ3v) is 3.27. The molecule has 1 aromatic carbocycles. The molecule has 0 bridgehead atoms. The lowest BCUT2D eigenvalue weighted by molar-refractivity contribution is -0.117. The second kappa shape index (κ2) is 6.38. The maximum atomic E-state index is 12.3. The van der Waals surface area contributed by atoms with E-state index in [0.717, 1.165) is 30.8 Å². The van der Waals surface area contributed by atoms with E-state index in [1.807, 2.05) is 17.0 Å². The quantitative estimate of drug-likeness (QED) is 0.648. The van der Waals surface area contributed by atoms with Crippen LogP contribution in [0.5, 0.6) is 5.75 Å². The van der Waals surface area contributed by atoms with E-state index in [-0.39, 0.29) is 5.91 Å². The zero-order valence-electron chi connectivity index (χ0n) is 11.3. The van der Waals surface area contributed by atoms with Crippen molar-refractivity contribution in [3.05, 3.63) is 36.4 Å².